The summed E-state index contributed by atoms with van der Waals surface area (Å²) in [5.41, 5.74) is 2.95. The van der Waals surface area contributed by atoms with E-state index in [2.05, 4.69) is 0 Å². The van der Waals surface area contributed by atoms with Gasteiger partial charge in [0.1, 0.15) is 0 Å². The monoisotopic (exact) mass is 233 g/mol. The van der Waals surface area contributed by atoms with Gasteiger partial charge in [0.25, 0.3) is 0 Å². The van der Waals surface area contributed by atoms with Gasteiger partial charge in [0.05, 0.1) is 0 Å². The number of rotatable bonds is 2. The zero-order valence-corrected chi connectivity index (χ0v) is 9.10. The minimum atomic E-state index is -4.78. The number of halogens is 3. The second-order valence-corrected chi connectivity index (χ2v) is 3.88. The van der Waals surface area contributed by atoms with E-state index in [4.69, 9.17) is 5.73 Å². The Morgan fingerprint density at radius 3 is 2.25 bits per heavy atom. The van der Waals surface area contributed by atoms with Gasteiger partial charge in [0.15, 0.2) is 5.60 Å². The van der Waals surface area contributed by atoms with Gasteiger partial charge in [-0.25, -0.2) is 0 Å². The molecule has 5 heteroatoms. The normalized spacial score (nSPS) is 15.9. The van der Waals surface area contributed by atoms with E-state index in [0.29, 0.717) is 11.1 Å². The van der Waals surface area contributed by atoms with E-state index in [1.165, 1.54) is 19.1 Å². The molecule has 1 rings (SSSR count). The predicted octanol–water partition coefficient (Wildman–Crippen LogP) is 2.01. The Morgan fingerprint density at radius 1 is 1.25 bits per heavy atom. The summed E-state index contributed by atoms with van der Waals surface area (Å²) in [6.45, 7) is 2.29. The molecule has 0 aliphatic rings. The Balaban J connectivity index is 3.39. The van der Waals surface area contributed by atoms with Crippen LogP contribution in [0.5, 0.6) is 0 Å². The van der Waals surface area contributed by atoms with E-state index in [1.807, 2.05) is 0 Å². The standard InChI is InChI=1S/C11H14F3NO/c1-7-3-4-8(2)9(5-7)10(16,6-15)11(12,13)14/h3-5,16H,6,15H2,1-2H3. The van der Waals surface area contributed by atoms with Gasteiger partial charge >= 0.3 is 6.18 Å². The molecular weight excluding hydrogens is 219 g/mol. The molecule has 1 aromatic carbocycles. The molecule has 90 valence electrons. The molecule has 3 N–H and O–H groups in total. The average molecular weight is 233 g/mol. The molecule has 0 bridgehead atoms. The molecule has 16 heavy (non-hydrogen) atoms. The summed E-state index contributed by atoms with van der Waals surface area (Å²) in [4.78, 5) is 0. The Morgan fingerprint density at radius 2 is 1.81 bits per heavy atom. The average Bonchev–Trinajstić information content (AvgIpc) is 2.19. The fourth-order valence-corrected chi connectivity index (χ4v) is 1.56. The molecule has 0 spiro atoms. The molecule has 0 heterocycles. The second-order valence-electron chi connectivity index (χ2n) is 3.88. The summed E-state index contributed by atoms with van der Waals surface area (Å²) >= 11 is 0. The first kappa shape index (κ1) is 13.0. The van der Waals surface area contributed by atoms with Crippen molar-refractivity contribution in [1.29, 1.82) is 0 Å². The van der Waals surface area contributed by atoms with Crippen LogP contribution in [0.1, 0.15) is 16.7 Å². The van der Waals surface area contributed by atoms with Crippen LogP contribution < -0.4 is 5.73 Å². The van der Waals surface area contributed by atoms with E-state index in [0.717, 1.165) is 0 Å². The molecule has 0 aromatic heterocycles. The lowest BCUT2D eigenvalue weighted by molar-refractivity contribution is -0.262. The van der Waals surface area contributed by atoms with Gasteiger partial charge in [-0.15, -0.1) is 0 Å². The summed E-state index contributed by atoms with van der Waals surface area (Å²) in [6, 6.07) is 4.54. The number of alkyl halides is 3. The van der Waals surface area contributed by atoms with Crippen molar-refractivity contribution in [2.24, 2.45) is 5.73 Å². The fourth-order valence-electron chi connectivity index (χ4n) is 1.56. The van der Waals surface area contributed by atoms with Crippen molar-refractivity contribution < 1.29 is 18.3 Å². The van der Waals surface area contributed by atoms with Gasteiger partial charge in [-0.3, -0.25) is 0 Å². The molecule has 1 unspecified atom stereocenters. The number of aryl methyl sites for hydroxylation is 2. The summed E-state index contributed by atoms with van der Waals surface area (Å²) in [5, 5.41) is 9.68. The molecule has 0 aliphatic carbocycles. The summed E-state index contributed by atoms with van der Waals surface area (Å²) < 4.78 is 38.3. The van der Waals surface area contributed by atoms with Crippen molar-refractivity contribution in [3.05, 3.63) is 34.9 Å². The summed E-state index contributed by atoms with van der Waals surface area (Å²) in [7, 11) is 0. The van der Waals surface area contributed by atoms with E-state index in [9.17, 15) is 18.3 Å². The number of hydrogen-bond acceptors (Lipinski definition) is 2. The molecule has 0 saturated carbocycles. The van der Waals surface area contributed by atoms with Crippen LogP contribution >= 0.6 is 0 Å². The lowest BCUT2D eigenvalue weighted by atomic mass is 9.88. The van der Waals surface area contributed by atoms with Crippen LogP contribution in [-0.2, 0) is 5.60 Å². The second kappa shape index (κ2) is 4.07. The smallest absolute Gasteiger partial charge is 0.375 e. The Kier molecular flexibility index (Phi) is 3.30. The maximum absolute atomic E-state index is 12.8. The quantitative estimate of drug-likeness (QED) is 0.820. The number of hydrogen-bond donors (Lipinski definition) is 2. The van der Waals surface area contributed by atoms with Crippen LogP contribution in [0.4, 0.5) is 13.2 Å². The van der Waals surface area contributed by atoms with Crippen molar-refractivity contribution >= 4 is 0 Å². The lowest BCUT2D eigenvalue weighted by Crippen LogP contribution is -2.48. The molecule has 0 fully saturated rings. The van der Waals surface area contributed by atoms with Crippen LogP contribution in [0.3, 0.4) is 0 Å². The zero-order valence-electron chi connectivity index (χ0n) is 9.10. The van der Waals surface area contributed by atoms with Crippen LogP contribution in [0, 0.1) is 13.8 Å². The van der Waals surface area contributed by atoms with Gasteiger partial charge in [0.2, 0.25) is 0 Å². The largest absolute Gasteiger partial charge is 0.422 e. The predicted molar refractivity (Wildman–Crippen MR) is 54.9 cm³/mol. The number of benzene rings is 1. The number of aliphatic hydroxyl groups is 1. The molecule has 0 amide bonds. The molecular formula is C11H14F3NO. The minimum absolute atomic E-state index is 0.178. The lowest BCUT2D eigenvalue weighted by Gasteiger charge is -2.31. The third kappa shape index (κ3) is 2.05. The molecule has 0 aliphatic heterocycles. The molecule has 1 atom stereocenters. The van der Waals surface area contributed by atoms with Crippen LogP contribution in [0.15, 0.2) is 18.2 Å². The van der Waals surface area contributed by atoms with Crippen LogP contribution in [-0.4, -0.2) is 17.8 Å². The Hall–Kier alpha value is -1.07. The van der Waals surface area contributed by atoms with Gasteiger partial charge in [-0.2, -0.15) is 13.2 Å². The van der Waals surface area contributed by atoms with E-state index >= 15 is 0 Å². The summed E-state index contributed by atoms with van der Waals surface area (Å²) in [6.07, 6.45) is -4.78. The van der Waals surface area contributed by atoms with Crippen molar-refractivity contribution in [2.45, 2.75) is 25.6 Å². The van der Waals surface area contributed by atoms with E-state index < -0.39 is 18.3 Å². The van der Waals surface area contributed by atoms with Gasteiger partial charge in [-0.05, 0) is 25.0 Å². The first-order valence-electron chi connectivity index (χ1n) is 4.79. The van der Waals surface area contributed by atoms with Crippen molar-refractivity contribution in [3.8, 4) is 0 Å². The van der Waals surface area contributed by atoms with E-state index in [-0.39, 0.29) is 5.56 Å². The molecule has 0 radical (unpaired) electrons. The minimum Gasteiger partial charge on any atom is -0.375 e. The Bertz CT molecular complexity index is 389. The zero-order chi connectivity index (χ0) is 12.6. The van der Waals surface area contributed by atoms with Crippen LogP contribution in [0.2, 0.25) is 0 Å². The number of nitrogens with two attached hydrogens (primary N) is 1. The van der Waals surface area contributed by atoms with E-state index in [1.54, 1.807) is 13.0 Å². The molecule has 2 nitrogen and oxygen atoms in total. The third-order valence-electron chi connectivity index (χ3n) is 2.60. The first-order valence-corrected chi connectivity index (χ1v) is 4.79. The highest BCUT2D eigenvalue weighted by molar-refractivity contribution is 5.36. The summed E-state index contributed by atoms with van der Waals surface area (Å²) in [5.74, 6) is 0. The highest BCUT2D eigenvalue weighted by atomic mass is 19.4. The molecule has 0 saturated heterocycles. The third-order valence-corrected chi connectivity index (χ3v) is 2.60. The van der Waals surface area contributed by atoms with Crippen molar-refractivity contribution in [2.75, 3.05) is 6.54 Å². The fraction of sp³-hybridized carbons (Fsp3) is 0.455. The molecule has 1 aromatic rings. The van der Waals surface area contributed by atoms with Gasteiger partial charge in [-0.1, -0.05) is 23.8 Å². The first-order chi connectivity index (χ1) is 7.22. The highest BCUT2D eigenvalue weighted by Crippen LogP contribution is 2.39. The topological polar surface area (TPSA) is 46.2 Å². The van der Waals surface area contributed by atoms with Crippen molar-refractivity contribution in [3.63, 3.8) is 0 Å². The Labute approximate surface area is 91.9 Å². The maximum atomic E-state index is 12.8. The van der Waals surface area contributed by atoms with Crippen molar-refractivity contribution in [1.82, 2.24) is 0 Å². The maximum Gasteiger partial charge on any atom is 0.422 e. The van der Waals surface area contributed by atoms with Gasteiger partial charge in [0, 0.05) is 6.54 Å². The highest BCUT2D eigenvalue weighted by Gasteiger charge is 2.54. The van der Waals surface area contributed by atoms with Crippen LogP contribution in [0.25, 0.3) is 0 Å². The van der Waals surface area contributed by atoms with Gasteiger partial charge < -0.3 is 10.8 Å². The SMILES string of the molecule is Cc1ccc(C)c(C(O)(CN)C(F)(F)F)c1.